The molecular formula is C15H22BrClN2. The molecule has 1 aliphatic rings. The molecule has 1 heterocycles. The number of benzene rings is 1. The summed E-state index contributed by atoms with van der Waals surface area (Å²) in [6.07, 6.45) is 2.63. The maximum Gasteiger partial charge on any atom is 0.0549 e. The first-order chi connectivity index (χ1) is 9.10. The summed E-state index contributed by atoms with van der Waals surface area (Å²) in [5.41, 5.74) is 1.14. The van der Waals surface area contributed by atoms with Gasteiger partial charge in [0.1, 0.15) is 0 Å². The molecule has 4 heteroatoms. The lowest BCUT2D eigenvalue weighted by molar-refractivity contribution is 0.172. The standard InChI is InChI=1S/C15H22BrClN2/c1-3-19-8-4-5-12(10-19)11(2)18-13-6-7-15(17)14(16)9-13/h6-7,9,11-12,18H,3-5,8,10H2,1-2H3. The number of piperidine rings is 1. The molecule has 0 saturated carbocycles. The van der Waals surface area contributed by atoms with Crippen LogP contribution >= 0.6 is 27.5 Å². The summed E-state index contributed by atoms with van der Waals surface area (Å²) in [5.74, 6) is 0.725. The Balaban J connectivity index is 1.96. The minimum atomic E-state index is 0.488. The molecule has 2 rings (SSSR count). The van der Waals surface area contributed by atoms with Crippen molar-refractivity contribution in [3.8, 4) is 0 Å². The van der Waals surface area contributed by atoms with E-state index in [-0.39, 0.29) is 0 Å². The second kappa shape index (κ2) is 6.96. The van der Waals surface area contributed by atoms with Crippen molar-refractivity contribution < 1.29 is 0 Å². The molecule has 0 amide bonds. The van der Waals surface area contributed by atoms with Gasteiger partial charge in [-0.25, -0.2) is 0 Å². The van der Waals surface area contributed by atoms with Gasteiger partial charge < -0.3 is 10.2 Å². The quantitative estimate of drug-likeness (QED) is 0.855. The van der Waals surface area contributed by atoms with Gasteiger partial charge in [-0.1, -0.05) is 18.5 Å². The van der Waals surface area contributed by atoms with E-state index in [0.29, 0.717) is 6.04 Å². The smallest absolute Gasteiger partial charge is 0.0549 e. The largest absolute Gasteiger partial charge is 0.382 e. The predicted molar refractivity (Wildman–Crippen MR) is 87.1 cm³/mol. The lowest BCUT2D eigenvalue weighted by Gasteiger charge is -2.35. The fraction of sp³-hybridized carbons (Fsp3) is 0.600. The van der Waals surface area contributed by atoms with Gasteiger partial charge in [-0.15, -0.1) is 0 Å². The van der Waals surface area contributed by atoms with Crippen molar-refractivity contribution in [3.05, 3.63) is 27.7 Å². The molecule has 2 atom stereocenters. The van der Waals surface area contributed by atoms with Crippen molar-refractivity contribution in [1.29, 1.82) is 0 Å². The molecule has 106 valence electrons. The van der Waals surface area contributed by atoms with Gasteiger partial charge in [0.25, 0.3) is 0 Å². The van der Waals surface area contributed by atoms with Gasteiger partial charge in [0.15, 0.2) is 0 Å². The van der Waals surface area contributed by atoms with Crippen molar-refractivity contribution >= 4 is 33.2 Å². The maximum atomic E-state index is 6.02. The number of hydrogen-bond donors (Lipinski definition) is 1. The summed E-state index contributed by atoms with van der Waals surface area (Å²) >= 11 is 9.50. The molecule has 1 saturated heterocycles. The summed E-state index contributed by atoms with van der Waals surface area (Å²) in [5, 5.41) is 4.37. The number of hydrogen-bond acceptors (Lipinski definition) is 2. The molecule has 19 heavy (non-hydrogen) atoms. The van der Waals surface area contributed by atoms with Crippen molar-refractivity contribution in [2.24, 2.45) is 5.92 Å². The van der Waals surface area contributed by atoms with Crippen LogP contribution in [0.2, 0.25) is 5.02 Å². The van der Waals surface area contributed by atoms with Gasteiger partial charge >= 0.3 is 0 Å². The van der Waals surface area contributed by atoms with E-state index in [1.165, 1.54) is 25.9 Å². The lowest BCUT2D eigenvalue weighted by Crippen LogP contribution is -2.41. The molecule has 0 aromatic heterocycles. The van der Waals surface area contributed by atoms with Gasteiger partial charge in [0.05, 0.1) is 5.02 Å². The Bertz CT molecular complexity index is 425. The van der Waals surface area contributed by atoms with Crippen LogP contribution in [-0.2, 0) is 0 Å². The molecular weight excluding hydrogens is 324 g/mol. The molecule has 1 aliphatic heterocycles. The third kappa shape index (κ3) is 4.11. The first-order valence-electron chi connectivity index (χ1n) is 7.04. The van der Waals surface area contributed by atoms with E-state index in [1.54, 1.807) is 0 Å². The highest BCUT2D eigenvalue weighted by molar-refractivity contribution is 9.10. The van der Waals surface area contributed by atoms with Crippen molar-refractivity contribution in [2.75, 3.05) is 25.0 Å². The monoisotopic (exact) mass is 344 g/mol. The third-order valence-corrected chi connectivity index (χ3v) is 5.22. The average Bonchev–Trinajstić information content (AvgIpc) is 2.43. The van der Waals surface area contributed by atoms with E-state index in [4.69, 9.17) is 11.6 Å². The van der Waals surface area contributed by atoms with Crippen LogP contribution in [0.5, 0.6) is 0 Å². The van der Waals surface area contributed by atoms with Gasteiger partial charge in [0, 0.05) is 22.7 Å². The van der Waals surface area contributed by atoms with Gasteiger partial charge in [0.2, 0.25) is 0 Å². The molecule has 1 fully saturated rings. The number of likely N-dealkylation sites (tertiary alicyclic amines) is 1. The first kappa shape index (κ1) is 15.1. The highest BCUT2D eigenvalue weighted by Gasteiger charge is 2.23. The zero-order valence-electron chi connectivity index (χ0n) is 11.6. The number of nitrogens with one attached hydrogen (secondary N) is 1. The molecule has 0 spiro atoms. The SMILES string of the molecule is CCN1CCCC(C(C)Nc2ccc(Cl)c(Br)c2)C1. The Kier molecular flexibility index (Phi) is 5.55. The van der Waals surface area contributed by atoms with Crippen molar-refractivity contribution in [3.63, 3.8) is 0 Å². The number of anilines is 1. The Labute approximate surface area is 129 Å². The summed E-state index contributed by atoms with van der Waals surface area (Å²) in [6, 6.07) is 6.52. The highest BCUT2D eigenvalue weighted by atomic mass is 79.9. The minimum absolute atomic E-state index is 0.488. The summed E-state index contributed by atoms with van der Waals surface area (Å²) in [4.78, 5) is 2.55. The van der Waals surface area contributed by atoms with Gasteiger partial charge in [-0.3, -0.25) is 0 Å². The summed E-state index contributed by atoms with van der Waals surface area (Å²) in [7, 11) is 0. The van der Waals surface area contributed by atoms with E-state index in [1.807, 2.05) is 12.1 Å². The molecule has 0 bridgehead atoms. The fourth-order valence-corrected chi connectivity index (χ4v) is 3.25. The molecule has 1 aromatic carbocycles. The van der Waals surface area contributed by atoms with Crippen LogP contribution in [0.4, 0.5) is 5.69 Å². The van der Waals surface area contributed by atoms with Crippen LogP contribution in [-0.4, -0.2) is 30.6 Å². The normalized spacial score (nSPS) is 22.2. The summed E-state index contributed by atoms with van der Waals surface area (Å²) < 4.78 is 0.949. The fourth-order valence-electron chi connectivity index (χ4n) is 2.75. The topological polar surface area (TPSA) is 15.3 Å². The van der Waals surface area contributed by atoms with Crippen LogP contribution in [0.25, 0.3) is 0 Å². The van der Waals surface area contributed by atoms with Crippen molar-refractivity contribution in [1.82, 2.24) is 4.90 Å². The van der Waals surface area contributed by atoms with E-state index in [2.05, 4.69) is 46.1 Å². The number of nitrogens with zero attached hydrogens (tertiary/aromatic N) is 1. The Morgan fingerprint density at radius 3 is 3.00 bits per heavy atom. The van der Waals surface area contributed by atoms with E-state index in [9.17, 15) is 0 Å². The zero-order chi connectivity index (χ0) is 13.8. The Morgan fingerprint density at radius 2 is 2.32 bits per heavy atom. The van der Waals surface area contributed by atoms with Crippen molar-refractivity contribution in [2.45, 2.75) is 32.7 Å². The molecule has 0 radical (unpaired) electrons. The zero-order valence-corrected chi connectivity index (χ0v) is 14.0. The van der Waals surface area contributed by atoms with Gasteiger partial charge in [-0.2, -0.15) is 0 Å². The van der Waals surface area contributed by atoms with Crippen LogP contribution in [0.3, 0.4) is 0 Å². The summed E-state index contributed by atoms with van der Waals surface area (Å²) in [6.45, 7) is 8.16. The Morgan fingerprint density at radius 1 is 1.53 bits per heavy atom. The molecule has 2 nitrogen and oxygen atoms in total. The maximum absolute atomic E-state index is 6.02. The molecule has 1 aromatic rings. The second-order valence-electron chi connectivity index (χ2n) is 5.36. The number of rotatable bonds is 4. The third-order valence-electron chi connectivity index (χ3n) is 4.01. The lowest BCUT2D eigenvalue weighted by atomic mass is 9.91. The minimum Gasteiger partial charge on any atom is -0.382 e. The van der Waals surface area contributed by atoms with E-state index >= 15 is 0 Å². The van der Waals surface area contributed by atoms with Crippen LogP contribution in [0.15, 0.2) is 22.7 Å². The predicted octanol–water partition coefficient (Wildman–Crippen LogP) is 4.63. The van der Waals surface area contributed by atoms with E-state index < -0.39 is 0 Å². The average molecular weight is 346 g/mol. The Hall–Kier alpha value is -0.250. The molecule has 2 unspecified atom stereocenters. The van der Waals surface area contributed by atoms with E-state index in [0.717, 1.165) is 27.6 Å². The molecule has 0 aliphatic carbocycles. The van der Waals surface area contributed by atoms with Gasteiger partial charge in [-0.05, 0) is 72.9 Å². The van der Waals surface area contributed by atoms with Crippen LogP contribution in [0, 0.1) is 5.92 Å². The molecule has 1 N–H and O–H groups in total. The second-order valence-corrected chi connectivity index (χ2v) is 6.62. The van der Waals surface area contributed by atoms with Crippen LogP contribution < -0.4 is 5.32 Å². The number of halogens is 2. The highest BCUT2D eigenvalue weighted by Crippen LogP contribution is 2.27. The van der Waals surface area contributed by atoms with Crippen LogP contribution in [0.1, 0.15) is 26.7 Å². The first-order valence-corrected chi connectivity index (χ1v) is 8.21.